The quantitative estimate of drug-likeness (QED) is 0.463. The Balaban J connectivity index is 2.23. The van der Waals surface area contributed by atoms with Gasteiger partial charge in [-0.15, -0.1) is 0 Å². The van der Waals surface area contributed by atoms with E-state index in [0.717, 1.165) is 0 Å². The summed E-state index contributed by atoms with van der Waals surface area (Å²) in [4.78, 5) is 27.2. The average molecular weight is 444 g/mol. The van der Waals surface area contributed by atoms with Crippen LogP contribution in [0.5, 0.6) is 0 Å². The smallest absolute Gasteiger partial charge is 0.412 e. The van der Waals surface area contributed by atoms with E-state index in [1.54, 1.807) is 4.90 Å². The van der Waals surface area contributed by atoms with E-state index in [1.807, 2.05) is 34.6 Å². The highest BCUT2D eigenvalue weighted by Crippen LogP contribution is 2.54. The topological polar surface area (TPSA) is 74.3 Å². The molecule has 174 valence electrons. The van der Waals surface area contributed by atoms with Crippen LogP contribution in [0.1, 0.15) is 55.4 Å². The molecule has 0 aromatic rings. The largest absolute Gasteiger partial charge is 0.469 e. The van der Waals surface area contributed by atoms with Crippen LogP contribution in [0.25, 0.3) is 0 Å². The van der Waals surface area contributed by atoms with Crippen LogP contribution < -0.4 is 0 Å². The highest BCUT2D eigenvalue weighted by Gasteiger charge is 2.64. The van der Waals surface area contributed by atoms with Crippen molar-refractivity contribution in [3.05, 3.63) is 0 Å². The lowest BCUT2D eigenvalue weighted by molar-refractivity contribution is -0.143. The van der Waals surface area contributed by atoms with Crippen molar-refractivity contribution in [2.45, 2.75) is 90.9 Å². The van der Waals surface area contributed by atoms with Crippen molar-refractivity contribution in [3.63, 3.8) is 0 Å². The van der Waals surface area contributed by atoms with Crippen LogP contribution in [0.3, 0.4) is 0 Å². The number of hydrogen-bond acceptors (Lipinski definition) is 6. The van der Waals surface area contributed by atoms with Crippen LogP contribution in [-0.4, -0.2) is 63.0 Å². The van der Waals surface area contributed by atoms with Crippen LogP contribution in [0.2, 0.25) is 18.1 Å². The molecule has 1 amide bonds. The molecule has 0 bridgehead atoms. The predicted molar refractivity (Wildman–Crippen MR) is 118 cm³/mol. The van der Waals surface area contributed by atoms with Crippen LogP contribution >= 0.6 is 0 Å². The summed E-state index contributed by atoms with van der Waals surface area (Å²) in [5, 5.41) is 0.0825. The number of esters is 1. The Hall–Kier alpha value is -1.12. The number of hydrogen-bond donors (Lipinski definition) is 0. The molecule has 8 heteroatoms. The lowest BCUT2D eigenvalue weighted by Gasteiger charge is -2.36. The van der Waals surface area contributed by atoms with Crippen molar-refractivity contribution >= 4 is 20.4 Å². The zero-order valence-corrected chi connectivity index (χ0v) is 21.6. The Labute approximate surface area is 182 Å². The molecule has 4 atom stereocenters. The lowest BCUT2D eigenvalue weighted by Crippen LogP contribution is -2.51. The molecule has 7 nitrogen and oxygen atoms in total. The van der Waals surface area contributed by atoms with Gasteiger partial charge in [0.1, 0.15) is 11.3 Å². The molecule has 0 radical (unpaired) electrons. The number of rotatable bonds is 5. The molecular weight excluding hydrogens is 402 g/mol. The zero-order valence-electron chi connectivity index (χ0n) is 20.6. The molecule has 1 aliphatic heterocycles. The van der Waals surface area contributed by atoms with E-state index in [1.165, 1.54) is 7.11 Å². The number of nitrogens with zero attached hydrogens (tertiary/aromatic N) is 1. The van der Waals surface area contributed by atoms with Crippen molar-refractivity contribution in [1.29, 1.82) is 0 Å². The fourth-order valence-corrected chi connectivity index (χ4v) is 4.95. The van der Waals surface area contributed by atoms with Crippen molar-refractivity contribution in [3.8, 4) is 0 Å². The molecule has 2 rings (SSSR count). The summed E-state index contributed by atoms with van der Waals surface area (Å²) in [7, 11) is -0.552. The van der Waals surface area contributed by atoms with Gasteiger partial charge in [-0.2, -0.15) is 0 Å². The van der Waals surface area contributed by atoms with E-state index in [-0.39, 0.29) is 34.8 Å². The Morgan fingerprint density at radius 2 is 1.70 bits per heavy atom. The lowest BCUT2D eigenvalue weighted by atomic mass is 10.1. The van der Waals surface area contributed by atoms with Gasteiger partial charge in [0.25, 0.3) is 0 Å². The SMILES string of the molecule is COC(=O)[C@H]1[C@H](CO[Si](C)(C)C(C)(C)C)[C@@H]1[C@H]1COC(C)(C)N1C(=O)OC(C)(C)C. The molecular formula is C22H41NO6Si. The Morgan fingerprint density at radius 1 is 1.13 bits per heavy atom. The first-order valence-corrected chi connectivity index (χ1v) is 13.7. The first-order valence-electron chi connectivity index (χ1n) is 10.8. The van der Waals surface area contributed by atoms with E-state index < -0.39 is 25.7 Å². The highest BCUT2D eigenvalue weighted by atomic mass is 28.4. The van der Waals surface area contributed by atoms with Crippen molar-refractivity contribution in [2.75, 3.05) is 20.3 Å². The third-order valence-electron chi connectivity index (χ3n) is 6.70. The maximum absolute atomic E-state index is 13.0. The monoisotopic (exact) mass is 443 g/mol. The van der Waals surface area contributed by atoms with Crippen molar-refractivity contribution < 1.29 is 28.2 Å². The summed E-state index contributed by atoms with van der Waals surface area (Å²) in [6.45, 7) is 21.1. The minimum absolute atomic E-state index is 0.000915. The Bertz CT molecular complexity index is 664. The number of carbonyl (C=O) groups excluding carboxylic acids is 2. The maximum atomic E-state index is 13.0. The number of amides is 1. The van der Waals surface area contributed by atoms with Crippen LogP contribution in [-0.2, 0) is 23.4 Å². The zero-order chi connectivity index (χ0) is 23.3. The number of carbonyl (C=O) groups is 2. The van der Waals surface area contributed by atoms with Gasteiger partial charge in [-0.1, -0.05) is 20.8 Å². The average Bonchev–Trinajstić information content (AvgIpc) is 3.18. The summed E-state index contributed by atoms with van der Waals surface area (Å²) < 4.78 is 23.1. The second kappa shape index (κ2) is 8.09. The second-order valence-electron chi connectivity index (χ2n) is 11.5. The van der Waals surface area contributed by atoms with E-state index in [0.29, 0.717) is 13.2 Å². The van der Waals surface area contributed by atoms with Crippen molar-refractivity contribution in [2.24, 2.45) is 17.8 Å². The fourth-order valence-electron chi connectivity index (χ4n) is 3.91. The third kappa shape index (κ3) is 5.19. The molecule has 0 unspecified atom stereocenters. The summed E-state index contributed by atoms with van der Waals surface area (Å²) in [5.41, 5.74) is -1.42. The van der Waals surface area contributed by atoms with Gasteiger partial charge in [0, 0.05) is 18.4 Å². The molecule has 2 aliphatic rings. The fraction of sp³-hybridized carbons (Fsp3) is 0.909. The van der Waals surface area contributed by atoms with Gasteiger partial charge in [0.2, 0.25) is 0 Å². The van der Waals surface area contributed by atoms with Gasteiger partial charge < -0.3 is 18.6 Å². The molecule has 1 saturated heterocycles. The number of methoxy groups -OCH3 is 1. The highest BCUT2D eigenvalue weighted by molar-refractivity contribution is 6.74. The van der Waals surface area contributed by atoms with E-state index in [9.17, 15) is 9.59 Å². The summed E-state index contributed by atoms with van der Waals surface area (Å²) in [6.07, 6.45) is -0.422. The molecule has 1 aliphatic carbocycles. The van der Waals surface area contributed by atoms with Crippen LogP contribution in [0.4, 0.5) is 4.79 Å². The van der Waals surface area contributed by atoms with Gasteiger partial charge in [-0.3, -0.25) is 9.69 Å². The minimum Gasteiger partial charge on any atom is -0.469 e. The minimum atomic E-state index is -1.96. The van der Waals surface area contributed by atoms with Gasteiger partial charge in [0.05, 0.1) is 25.7 Å². The molecule has 1 saturated carbocycles. The second-order valence-corrected chi connectivity index (χ2v) is 16.3. The normalized spacial score (nSPS) is 29.0. The van der Waals surface area contributed by atoms with Gasteiger partial charge >= 0.3 is 12.1 Å². The van der Waals surface area contributed by atoms with E-state index >= 15 is 0 Å². The maximum Gasteiger partial charge on any atom is 0.412 e. The van der Waals surface area contributed by atoms with E-state index in [4.69, 9.17) is 18.6 Å². The Morgan fingerprint density at radius 3 is 2.17 bits per heavy atom. The standard InChI is InChI=1S/C22H41NO6Si/c1-20(2,3)29-19(25)23-15(13-27-22(23,7)8)16-14(17(16)18(24)26-9)12-28-30(10,11)21(4,5)6/h14-17H,12-13H2,1-11H3/t14-,15-,16-,17+/m1/s1. The van der Waals surface area contributed by atoms with E-state index in [2.05, 4.69) is 33.9 Å². The molecule has 2 fully saturated rings. The van der Waals surface area contributed by atoms with Crippen LogP contribution in [0, 0.1) is 17.8 Å². The summed E-state index contributed by atoms with van der Waals surface area (Å²) in [6, 6.07) is -0.257. The Kier molecular flexibility index (Phi) is 6.78. The van der Waals surface area contributed by atoms with Gasteiger partial charge in [-0.05, 0) is 52.8 Å². The first-order chi connectivity index (χ1) is 13.4. The molecule has 0 spiro atoms. The molecule has 30 heavy (non-hydrogen) atoms. The predicted octanol–water partition coefficient (Wildman–Crippen LogP) is 4.42. The van der Waals surface area contributed by atoms with Gasteiger partial charge in [0.15, 0.2) is 8.32 Å². The summed E-state index contributed by atoms with van der Waals surface area (Å²) >= 11 is 0. The number of ether oxygens (including phenoxy) is 3. The first kappa shape index (κ1) is 25.1. The van der Waals surface area contributed by atoms with Crippen LogP contribution in [0.15, 0.2) is 0 Å². The molecule has 0 aromatic heterocycles. The van der Waals surface area contributed by atoms with Crippen molar-refractivity contribution in [1.82, 2.24) is 4.90 Å². The third-order valence-corrected chi connectivity index (χ3v) is 11.2. The van der Waals surface area contributed by atoms with Gasteiger partial charge in [-0.25, -0.2) is 4.79 Å². The molecule has 0 aromatic carbocycles. The molecule has 0 N–H and O–H groups in total. The summed E-state index contributed by atoms with van der Waals surface area (Å²) in [5.74, 6) is -0.625. The molecule has 1 heterocycles.